The normalized spacial score (nSPS) is 13.2. The van der Waals surface area contributed by atoms with Crippen molar-refractivity contribution < 1.29 is 14.3 Å². The van der Waals surface area contributed by atoms with E-state index in [1.54, 1.807) is 4.90 Å². The smallest absolute Gasteiger partial charge is 0.262 e. The molecule has 1 radical (unpaired) electrons. The van der Waals surface area contributed by atoms with Gasteiger partial charge >= 0.3 is 0 Å². The lowest BCUT2D eigenvalue weighted by atomic mass is 9.99. The largest absolute Gasteiger partial charge is 0.493 e. The first-order valence-corrected chi connectivity index (χ1v) is 8.87. The molecule has 0 saturated carbocycles. The number of benzene rings is 3. The molecule has 0 spiro atoms. The van der Waals surface area contributed by atoms with Crippen molar-refractivity contribution in [1.29, 1.82) is 0 Å². The first-order valence-electron chi connectivity index (χ1n) is 8.87. The maximum Gasteiger partial charge on any atom is 0.262 e. The van der Waals surface area contributed by atoms with Crippen LogP contribution in [0.2, 0.25) is 0 Å². The van der Waals surface area contributed by atoms with Crippen LogP contribution in [0.3, 0.4) is 0 Å². The van der Waals surface area contributed by atoms with E-state index in [2.05, 4.69) is 6.07 Å². The van der Waals surface area contributed by atoms with Gasteiger partial charge in [-0.3, -0.25) is 4.79 Å². The van der Waals surface area contributed by atoms with Crippen molar-refractivity contribution in [2.75, 3.05) is 18.1 Å². The number of rotatable bonds is 5. The molecule has 1 aliphatic heterocycles. The third-order valence-electron chi connectivity index (χ3n) is 4.58. The van der Waals surface area contributed by atoms with Gasteiger partial charge in [-0.1, -0.05) is 36.4 Å². The second kappa shape index (κ2) is 6.71. The Kier molecular flexibility index (Phi) is 4.25. The molecular formula is C22H20NO3. The van der Waals surface area contributed by atoms with Crippen LogP contribution in [0.15, 0.2) is 48.5 Å². The van der Waals surface area contributed by atoms with E-state index in [1.807, 2.05) is 62.4 Å². The summed E-state index contributed by atoms with van der Waals surface area (Å²) in [6.07, 6.45) is 0. The molecule has 4 heteroatoms. The predicted molar refractivity (Wildman–Crippen MR) is 102 cm³/mol. The number of hydrogen-bond acceptors (Lipinski definition) is 3. The number of nitrogens with zero attached hydrogens (tertiary/aromatic N) is 1. The third-order valence-corrected chi connectivity index (χ3v) is 4.58. The van der Waals surface area contributed by atoms with Gasteiger partial charge in [0.2, 0.25) is 0 Å². The van der Waals surface area contributed by atoms with E-state index < -0.39 is 0 Å². The molecular weight excluding hydrogens is 326 g/mol. The molecule has 131 valence electrons. The summed E-state index contributed by atoms with van der Waals surface area (Å²) < 4.78 is 11.9. The van der Waals surface area contributed by atoms with Gasteiger partial charge in [-0.15, -0.1) is 0 Å². The SMILES string of the molecule is CCOc1c2c(c(OCC)c3ccccc13)C(=O)N(c1cc[c]cc1)C2. The summed E-state index contributed by atoms with van der Waals surface area (Å²) in [7, 11) is 0. The highest BCUT2D eigenvalue weighted by molar-refractivity contribution is 6.16. The Morgan fingerprint density at radius 1 is 0.962 bits per heavy atom. The van der Waals surface area contributed by atoms with Crippen molar-refractivity contribution in [2.45, 2.75) is 20.4 Å². The van der Waals surface area contributed by atoms with Crippen molar-refractivity contribution in [3.8, 4) is 11.5 Å². The van der Waals surface area contributed by atoms with Gasteiger partial charge in [0.05, 0.1) is 25.3 Å². The van der Waals surface area contributed by atoms with Gasteiger partial charge in [-0.05, 0) is 32.0 Å². The summed E-state index contributed by atoms with van der Waals surface area (Å²) in [6, 6.07) is 18.4. The third kappa shape index (κ3) is 2.49. The molecule has 3 aromatic carbocycles. The topological polar surface area (TPSA) is 38.8 Å². The monoisotopic (exact) mass is 346 g/mol. The molecule has 0 aromatic heterocycles. The summed E-state index contributed by atoms with van der Waals surface area (Å²) in [5.74, 6) is 1.37. The molecule has 1 heterocycles. The minimum Gasteiger partial charge on any atom is -0.493 e. The van der Waals surface area contributed by atoms with Gasteiger partial charge in [0.1, 0.15) is 11.5 Å². The molecule has 26 heavy (non-hydrogen) atoms. The second-order valence-electron chi connectivity index (χ2n) is 6.07. The van der Waals surface area contributed by atoms with Crippen molar-refractivity contribution in [3.05, 3.63) is 65.7 Å². The lowest BCUT2D eigenvalue weighted by Crippen LogP contribution is -2.23. The van der Waals surface area contributed by atoms with Gasteiger partial charge in [0.15, 0.2) is 0 Å². The van der Waals surface area contributed by atoms with Crippen LogP contribution in [0.4, 0.5) is 5.69 Å². The number of amides is 1. The number of carbonyl (C=O) groups is 1. The van der Waals surface area contributed by atoms with Crippen molar-refractivity contribution in [1.82, 2.24) is 0 Å². The van der Waals surface area contributed by atoms with E-state index in [9.17, 15) is 4.79 Å². The molecule has 0 N–H and O–H groups in total. The summed E-state index contributed by atoms with van der Waals surface area (Å²) in [5.41, 5.74) is 2.35. The summed E-state index contributed by atoms with van der Waals surface area (Å²) in [5, 5.41) is 1.89. The van der Waals surface area contributed by atoms with E-state index in [1.165, 1.54) is 0 Å². The Labute approximate surface area is 153 Å². The highest BCUT2D eigenvalue weighted by Crippen LogP contribution is 2.45. The molecule has 4 nitrogen and oxygen atoms in total. The van der Waals surface area contributed by atoms with Crippen LogP contribution in [0.5, 0.6) is 11.5 Å². The molecule has 0 atom stereocenters. The van der Waals surface area contributed by atoms with Gasteiger partial charge < -0.3 is 14.4 Å². The zero-order valence-electron chi connectivity index (χ0n) is 14.9. The van der Waals surface area contributed by atoms with Crippen LogP contribution in [-0.4, -0.2) is 19.1 Å². The molecule has 1 aliphatic rings. The fourth-order valence-corrected chi connectivity index (χ4v) is 3.54. The zero-order valence-corrected chi connectivity index (χ0v) is 14.9. The number of fused-ring (bicyclic) bond motifs is 2. The van der Waals surface area contributed by atoms with Crippen LogP contribution in [0, 0.1) is 6.07 Å². The van der Waals surface area contributed by atoms with E-state index in [4.69, 9.17) is 9.47 Å². The quantitative estimate of drug-likeness (QED) is 0.678. The Morgan fingerprint density at radius 2 is 1.58 bits per heavy atom. The van der Waals surface area contributed by atoms with Crippen LogP contribution in [0.25, 0.3) is 10.8 Å². The Morgan fingerprint density at radius 3 is 2.23 bits per heavy atom. The average molecular weight is 346 g/mol. The van der Waals surface area contributed by atoms with Crippen LogP contribution in [0.1, 0.15) is 29.8 Å². The van der Waals surface area contributed by atoms with Crippen molar-refractivity contribution >= 4 is 22.4 Å². The molecule has 0 fully saturated rings. The minimum absolute atomic E-state index is 0.0543. The Balaban J connectivity index is 1.98. The lowest BCUT2D eigenvalue weighted by molar-refractivity contribution is 0.0993. The highest BCUT2D eigenvalue weighted by atomic mass is 16.5. The molecule has 4 rings (SSSR count). The predicted octanol–water partition coefficient (Wildman–Crippen LogP) is 4.60. The lowest BCUT2D eigenvalue weighted by Gasteiger charge is -2.16. The summed E-state index contributed by atoms with van der Waals surface area (Å²) in [6.45, 7) is 5.40. The van der Waals surface area contributed by atoms with E-state index in [0.717, 1.165) is 27.8 Å². The van der Waals surface area contributed by atoms with Gasteiger partial charge in [0, 0.05) is 22.0 Å². The van der Waals surface area contributed by atoms with E-state index in [-0.39, 0.29) is 5.91 Å². The second-order valence-corrected chi connectivity index (χ2v) is 6.07. The van der Waals surface area contributed by atoms with Gasteiger partial charge in [-0.25, -0.2) is 0 Å². The summed E-state index contributed by atoms with van der Waals surface area (Å²) >= 11 is 0. The first kappa shape index (κ1) is 16.5. The number of anilines is 1. The number of carbonyl (C=O) groups excluding carboxylic acids is 1. The maximum atomic E-state index is 13.3. The zero-order chi connectivity index (χ0) is 18.1. The molecule has 0 aliphatic carbocycles. The molecule has 3 aromatic rings. The molecule has 0 unspecified atom stereocenters. The number of hydrogen-bond donors (Lipinski definition) is 0. The molecule has 1 amide bonds. The fraction of sp³-hybridized carbons (Fsp3) is 0.227. The highest BCUT2D eigenvalue weighted by Gasteiger charge is 2.36. The minimum atomic E-state index is -0.0543. The molecule has 0 bridgehead atoms. The fourth-order valence-electron chi connectivity index (χ4n) is 3.54. The van der Waals surface area contributed by atoms with Crippen molar-refractivity contribution in [3.63, 3.8) is 0 Å². The Hall–Kier alpha value is -3.01. The Bertz CT molecular complexity index is 966. The summed E-state index contributed by atoms with van der Waals surface area (Å²) in [4.78, 5) is 15.0. The van der Waals surface area contributed by atoms with Gasteiger partial charge in [0.25, 0.3) is 5.91 Å². The van der Waals surface area contributed by atoms with Crippen LogP contribution < -0.4 is 14.4 Å². The number of ether oxygens (including phenoxy) is 2. The van der Waals surface area contributed by atoms with Crippen LogP contribution in [-0.2, 0) is 6.54 Å². The average Bonchev–Trinajstić information content (AvgIpc) is 3.02. The van der Waals surface area contributed by atoms with E-state index in [0.29, 0.717) is 31.1 Å². The maximum absolute atomic E-state index is 13.3. The first-order chi connectivity index (χ1) is 12.8. The van der Waals surface area contributed by atoms with Crippen molar-refractivity contribution in [2.24, 2.45) is 0 Å². The van der Waals surface area contributed by atoms with Crippen LogP contribution >= 0.6 is 0 Å². The standard InChI is InChI=1S/C22H20NO3/c1-3-25-20-16-12-8-9-13-17(16)21(26-4-2)19-18(20)14-23(22(19)24)15-10-6-5-7-11-15/h6-13H,3-4,14H2,1-2H3. The molecule has 0 saturated heterocycles. The van der Waals surface area contributed by atoms with E-state index >= 15 is 0 Å². The van der Waals surface area contributed by atoms with Gasteiger partial charge in [-0.2, -0.15) is 0 Å².